The summed E-state index contributed by atoms with van der Waals surface area (Å²) in [5, 5.41) is 5.49. The lowest BCUT2D eigenvalue weighted by atomic mass is 10.2. The van der Waals surface area contributed by atoms with E-state index < -0.39 is 5.97 Å². The second kappa shape index (κ2) is 7.81. The van der Waals surface area contributed by atoms with Crippen molar-refractivity contribution in [2.24, 2.45) is 0 Å². The van der Waals surface area contributed by atoms with E-state index in [1.165, 1.54) is 0 Å². The van der Waals surface area contributed by atoms with Crippen LogP contribution in [0.2, 0.25) is 0 Å². The fourth-order valence-corrected chi connectivity index (χ4v) is 2.58. The maximum atomic E-state index is 12.0. The van der Waals surface area contributed by atoms with Gasteiger partial charge in [0.1, 0.15) is 0 Å². The monoisotopic (exact) mass is 333 g/mol. The third-order valence-corrected chi connectivity index (χ3v) is 3.77. The number of nitrogens with one attached hydrogen (secondary N) is 2. The van der Waals surface area contributed by atoms with Crippen LogP contribution in [0.3, 0.4) is 0 Å². The van der Waals surface area contributed by atoms with E-state index in [-0.39, 0.29) is 24.0 Å². The molecule has 1 atom stereocenters. The van der Waals surface area contributed by atoms with Gasteiger partial charge in [0.15, 0.2) is 0 Å². The van der Waals surface area contributed by atoms with Gasteiger partial charge in [0.05, 0.1) is 18.2 Å². The molecule has 1 heterocycles. The second-order valence-electron chi connectivity index (χ2n) is 5.94. The van der Waals surface area contributed by atoms with Gasteiger partial charge in [-0.15, -0.1) is 0 Å². The molecule has 2 rings (SSSR count). The number of likely N-dealkylation sites (tertiary alicyclic amines) is 1. The number of rotatable bonds is 5. The van der Waals surface area contributed by atoms with Crippen molar-refractivity contribution in [3.63, 3.8) is 0 Å². The summed E-state index contributed by atoms with van der Waals surface area (Å²) in [7, 11) is 0. The minimum atomic E-state index is -0.397. The summed E-state index contributed by atoms with van der Waals surface area (Å²) in [5.74, 6) is -0.346. The summed E-state index contributed by atoms with van der Waals surface area (Å²) >= 11 is 0. The summed E-state index contributed by atoms with van der Waals surface area (Å²) in [4.78, 5) is 37.2. The molecule has 1 aromatic carbocycles. The lowest BCUT2D eigenvalue weighted by Crippen LogP contribution is -2.40. The third kappa shape index (κ3) is 4.47. The Morgan fingerprint density at radius 1 is 1.29 bits per heavy atom. The maximum Gasteiger partial charge on any atom is 0.338 e. The number of esters is 1. The molecular formula is C17H23N3O4. The molecule has 7 heteroatoms. The van der Waals surface area contributed by atoms with E-state index >= 15 is 0 Å². The quantitative estimate of drug-likeness (QED) is 0.807. The normalized spacial score (nSPS) is 17.1. The average Bonchev–Trinajstić information content (AvgIpc) is 2.88. The predicted molar refractivity (Wildman–Crippen MR) is 89.8 cm³/mol. The summed E-state index contributed by atoms with van der Waals surface area (Å²) in [6, 6.07) is 6.00. The molecule has 1 aromatic rings. The molecule has 1 aliphatic rings. The highest BCUT2D eigenvalue weighted by Gasteiger charge is 2.31. The molecule has 1 unspecified atom stereocenters. The summed E-state index contributed by atoms with van der Waals surface area (Å²) < 4.78 is 4.90. The molecule has 2 N–H and O–H groups in total. The number of carbonyl (C=O) groups is 3. The standard InChI is InChI=1S/C17H23N3O4/c1-4-24-16(22)12-5-7-13(8-6-12)18-17(23)19-14-9-15(21)20(10-14)11(2)3/h5-8,11,14H,4,9-10H2,1-3H3,(H2,18,19,23). The average molecular weight is 333 g/mol. The van der Waals surface area contributed by atoms with Gasteiger partial charge in [-0.25, -0.2) is 9.59 Å². The Labute approximate surface area is 141 Å². The first-order valence-corrected chi connectivity index (χ1v) is 8.05. The largest absolute Gasteiger partial charge is 0.462 e. The number of amides is 3. The highest BCUT2D eigenvalue weighted by Crippen LogP contribution is 2.15. The van der Waals surface area contributed by atoms with Crippen LogP contribution in [-0.2, 0) is 9.53 Å². The van der Waals surface area contributed by atoms with Crippen LogP contribution in [0.5, 0.6) is 0 Å². The molecule has 0 saturated carbocycles. The Bertz CT molecular complexity index is 613. The van der Waals surface area contributed by atoms with Gasteiger partial charge in [0.2, 0.25) is 5.91 Å². The van der Waals surface area contributed by atoms with Gasteiger partial charge < -0.3 is 20.3 Å². The van der Waals surface area contributed by atoms with Gasteiger partial charge in [-0.1, -0.05) is 0 Å². The Hall–Kier alpha value is -2.57. The molecule has 1 saturated heterocycles. The van der Waals surface area contributed by atoms with Crippen molar-refractivity contribution in [3.05, 3.63) is 29.8 Å². The minimum absolute atomic E-state index is 0.0501. The number of benzene rings is 1. The molecule has 0 spiro atoms. The Kier molecular flexibility index (Phi) is 5.78. The zero-order chi connectivity index (χ0) is 17.7. The van der Waals surface area contributed by atoms with Crippen molar-refractivity contribution >= 4 is 23.6 Å². The fourth-order valence-electron chi connectivity index (χ4n) is 2.58. The molecule has 7 nitrogen and oxygen atoms in total. The highest BCUT2D eigenvalue weighted by atomic mass is 16.5. The first-order chi connectivity index (χ1) is 11.4. The van der Waals surface area contributed by atoms with Crippen LogP contribution in [-0.4, -0.2) is 48.0 Å². The van der Waals surface area contributed by atoms with Gasteiger partial charge in [-0.2, -0.15) is 0 Å². The van der Waals surface area contributed by atoms with E-state index in [4.69, 9.17) is 4.74 Å². The van der Waals surface area contributed by atoms with Crippen molar-refractivity contribution in [1.29, 1.82) is 0 Å². The molecule has 24 heavy (non-hydrogen) atoms. The molecule has 130 valence electrons. The van der Waals surface area contributed by atoms with Gasteiger partial charge in [0, 0.05) is 24.7 Å². The van der Waals surface area contributed by atoms with Crippen LogP contribution >= 0.6 is 0 Å². The van der Waals surface area contributed by atoms with Crippen LogP contribution in [0.15, 0.2) is 24.3 Å². The van der Waals surface area contributed by atoms with Crippen molar-refractivity contribution in [2.75, 3.05) is 18.5 Å². The van der Waals surface area contributed by atoms with Crippen molar-refractivity contribution in [3.8, 4) is 0 Å². The number of nitrogens with zero attached hydrogens (tertiary/aromatic N) is 1. The number of ether oxygens (including phenoxy) is 1. The van der Waals surface area contributed by atoms with E-state index in [0.717, 1.165) is 0 Å². The lowest BCUT2D eigenvalue weighted by Gasteiger charge is -2.21. The zero-order valence-electron chi connectivity index (χ0n) is 14.2. The van der Waals surface area contributed by atoms with E-state index in [2.05, 4.69) is 10.6 Å². The van der Waals surface area contributed by atoms with Crippen molar-refractivity contribution in [2.45, 2.75) is 39.3 Å². The number of hydrogen-bond donors (Lipinski definition) is 2. The van der Waals surface area contributed by atoms with E-state index in [0.29, 0.717) is 30.8 Å². The van der Waals surface area contributed by atoms with Gasteiger partial charge >= 0.3 is 12.0 Å². The van der Waals surface area contributed by atoms with Gasteiger partial charge in [-0.05, 0) is 45.0 Å². The number of hydrogen-bond acceptors (Lipinski definition) is 4. The third-order valence-electron chi connectivity index (χ3n) is 3.77. The van der Waals surface area contributed by atoms with Gasteiger partial charge in [-0.3, -0.25) is 4.79 Å². The number of anilines is 1. The molecule has 0 aliphatic carbocycles. The van der Waals surface area contributed by atoms with E-state index in [1.54, 1.807) is 36.1 Å². The summed E-state index contributed by atoms with van der Waals surface area (Å²) in [6.07, 6.45) is 0.313. The molecule has 3 amide bonds. The topological polar surface area (TPSA) is 87.7 Å². The molecule has 0 bridgehead atoms. The highest BCUT2D eigenvalue weighted by molar-refractivity contribution is 5.93. The van der Waals surface area contributed by atoms with Crippen molar-refractivity contribution < 1.29 is 19.1 Å². The molecule has 1 aliphatic heterocycles. The first-order valence-electron chi connectivity index (χ1n) is 8.05. The maximum absolute atomic E-state index is 12.0. The zero-order valence-corrected chi connectivity index (χ0v) is 14.2. The SMILES string of the molecule is CCOC(=O)c1ccc(NC(=O)NC2CC(=O)N(C(C)C)C2)cc1. The van der Waals surface area contributed by atoms with Crippen LogP contribution in [0.4, 0.5) is 10.5 Å². The second-order valence-corrected chi connectivity index (χ2v) is 5.94. The number of carbonyl (C=O) groups excluding carboxylic acids is 3. The molecule has 1 fully saturated rings. The smallest absolute Gasteiger partial charge is 0.338 e. The Morgan fingerprint density at radius 3 is 2.50 bits per heavy atom. The van der Waals surface area contributed by atoms with Crippen molar-refractivity contribution in [1.82, 2.24) is 10.2 Å². The van der Waals surface area contributed by atoms with Crippen LogP contribution in [0.25, 0.3) is 0 Å². The van der Waals surface area contributed by atoms with E-state index in [9.17, 15) is 14.4 Å². The lowest BCUT2D eigenvalue weighted by molar-refractivity contribution is -0.129. The molecule has 0 radical (unpaired) electrons. The van der Waals surface area contributed by atoms with E-state index in [1.807, 2.05) is 13.8 Å². The Balaban J connectivity index is 1.87. The fraction of sp³-hybridized carbons (Fsp3) is 0.471. The van der Waals surface area contributed by atoms with Crippen LogP contribution in [0.1, 0.15) is 37.6 Å². The predicted octanol–water partition coefficient (Wildman–Crippen LogP) is 1.99. The molecule has 0 aromatic heterocycles. The molecular weight excluding hydrogens is 310 g/mol. The van der Waals surface area contributed by atoms with Crippen LogP contribution in [0, 0.1) is 0 Å². The minimum Gasteiger partial charge on any atom is -0.462 e. The summed E-state index contributed by atoms with van der Waals surface area (Å²) in [6.45, 7) is 6.48. The first kappa shape index (κ1) is 17.8. The van der Waals surface area contributed by atoms with Crippen LogP contribution < -0.4 is 10.6 Å². The number of urea groups is 1. The summed E-state index contributed by atoms with van der Waals surface area (Å²) in [5.41, 5.74) is 0.988. The van der Waals surface area contributed by atoms with Gasteiger partial charge in [0.25, 0.3) is 0 Å². The Morgan fingerprint density at radius 2 is 1.96 bits per heavy atom.